The molecule has 7 nitrogen and oxygen atoms in total. The van der Waals surface area contributed by atoms with Crippen LogP contribution >= 0.6 is 15.9 Å². The van der Waals surface area contributed by atoms with E-state index in [-0.39, 0.29) is 24.1 Å². The third kappa shape index (κ3) is 4.14. The highest BCUT2D eigenvalue weighted by molar-refractivity contribution is 9.10. The Balaban J connectivity index is 2.08. The second-order valence-electron chi connectivity index (χ2n) is 5.42. The summed E-state index contributed by atoms with van der Waals surface area (Å²) in [7, 11) is 4.99. The SMILES string of the molecule is Cc1c(NC(=O)COc2ccc(Br)cc2)c(C(=O)N(C)C)nn1C. The van der Waals surface area contributed by atoms with E-state index >= 15 is 0 Å². The zero-order valence-electron chi connectivity index (χ0n) is 14.0. The van der Waals surface area contributed by atoms with Crippen LogP contribution in [0.4, 0.5) is 5.69 Å². The van der Waals surface area contributed by atoms with Crippen molar-refractivity contribution in [3.8, 4) is 5.75 Å². The van der Waals surface area contributed by atoms with Crippen LogP contribution in [0.1, 0.15) is 16.2 Å². The number of hydrogen-bond donors (Lipinski definition) is 1. The Hall–Kier alpha value is -2.35. The quantitative estimate of drug-likeness (QED) is 0.843. The Labute approximate surface area is 148 Å². The van der Waals surface area contributed by atoms with E-state index in [1.54, 1.807) is 44.9 Å². The molecule has 0 saturated carbocycles. The first kappa shape index (κ1) is 18.0. The molecular formula is C16H19BrN4O3. The summed E-state index contributed by atoms with van der Waals surface area (Å²) < 4.78 is 7.92. The van der Waals surface area contributed by atoms with E-state index in [2.05, 4.69) is 26.3 Å². The monoisotopic (exact) mass is 394 g/mol. The van der Waals surface area contributed by atoms with Crippen molar-refractivity contribution < 1.29 is 14.3 Å². The van der Waals surface area contributed by atoms with E-state index < -0.39 is 0 Å². The number of anilines is 1. The highest BCUT2D eigenvalue weighted by Crippen LogP contribution is 2.21. The maximum Gasteiger partial charge on any atom is 0.276 e. The Morgan fingerprint density at radius 3 is 2.50 bits per heavy atom. The van der Waals surface area contributed by atoms with Crippen molar-refractivity contribution in [2.45, 2.75) is 6.92 Å². The molecule has 0 saturated heterocycles. The van der Waals surface area contributed by atoms with Gasteiger partial charge in [0.25, 0.3) is 11.8 Å². The summed E-state index contributed by atoms with van der Waals surface area (Å²) in [6.07, 6.45) is 0. The summed E-state index contributed by atoms with van der Waals surface area (Å²) >= 11 is 3.33. The van der Waals surface area contributed by atoms with Gasteiger partial charge < -0.3 is 15.0 Å². The fourth-order valence-corrected chi connectivity index (χ4v) is 2.24. The largest absolute Gasteiger partial charge is 0.484 e. The summed E-state index contributed by atoms with van der Waals surface area (Å²) in [6.45, 7) is 1.62. The Morgan fingerprint density at radius 2 is 1.92 bits per heavy atom. The summed E-state index contributed by atoms with van der Waals surface area (Å²) in [5, 5.41) is 6.89. The van der Waals surface area contributed by atoms with E-state index in [0.29, 0.717) is 17.1 Å². The predicted molar refractivity (Wildman–Crippen MR) is 94.2 cm³/mol. The van der Waals surface area contributed by atoms with Crippen LogP contribution in [0.25, 0.3) is 0 Å². The number of hydrogen-bond acceptors (Lipinski definition) is 4. The van der Waals surface area contributed by atoms with Gasteiger partial charge in [-0.15, -0.1) is 0 Å². The molecular weight excluding hydrogens is 376 g/mol. The first-order valence-electron chi connectivity index (χ1n) is 7.23. The number of aromatic nitrogens is 2. The van der Waals surface area contributed by atoms with Gasteiger partial charge in [-0.1, -0.05) is 15.9 Å². The van der Waals surface area contributed by atoms with Crippen LogP contribution < -0.4 is 10.1 Å². The number of halogens is 1. The second-order valence-corrected chi connectivity index (χ2v) is 6.34. The van der Waals surface area contributed by atoms with Crippen molar-refractivity contribution in [3.05, 3.63) is 40.1 Å². The van der Waals surface area contributed by atoms with Crippen molar-refractivity contribution in [2.75, 3.05) is 26.0 Å². The standard InChI is InChI=1S/C16H19BrN4O3/c1-10-14(15(19-21(10)4)16(23)20(2)3)18-13(22)9-24-12-7-5-11(17)6-8-12/h5-8H,9H2,1-4H3,(H,18,22). The highest BCUT2D eigenvalue weighted by atomic mass is 79.9. The molecule has 128 valence electrons. The van der Waals surface area contributed by atoms with Gasteiger partial charge in [0.2, 0.25) is 0 Å². The van der Waals surface area contributed by atoms with Crippen molar-refractivity contribution in [2.24, 2.45) is 7.05 Å². The smallest absolute Gasteiger partial charge is 0.276 e. The Kier molecular flexibility index (Phi) is 5.61. The van der Waals surface area contributed by atoms with E-state index in [1.165, 1.54) is 4.90 Å². The Bertz CT molecular complexity index is 753. The molecule has 0 aliphatic heterocycles. The molecule has 0 radical (unpaired) electrons. The van der Waals surface area contributed by atoms with Crippen LogP contribution in [0.5, 0.6) is 5.75 Å². The maximum atomic E-state index is 12.2. The third-order valence-electron chi connectivity index (χ3n) is 3.39. The van der Waals surface area contributed by atoms with Gasteiger partial charge in [-0.2, -0.15) is 5.10 Å². The molecule has 2 aromatic rings. The minimum atomic E-state index is -0.359. The maximum absolute atomic E-state index is 12.2. The van der Waals surface area contributed by atoms with E-state index in [1.807, 2.05) is 12.1 Å². The lowest BCUT2D eigenvalue weighted by atomic mass is 10.2. The lowest BCUT2D eigenvalue weighted by molar-refractivity contribution is -0.118. The molecule has 2 amide bonds. The van der Waals surface area contributed by atoms with Crippen LogP contribution in [-0.2, 0) is 11.8 Å². The average Bonchev–Trinajstić information content (AvgIpc) is 2.81. The zero-order valence-corrected chi connectivity index (χ0v) is 15.5. The molecule has 0 fully saturated rings. The molecule has 1 N–H and O–H groups in total. The van der Waals surface area contributed by atoms with Gasteiger partial charge >= 0.3 is 0 Å². The molecule has 0 aliphatic carbocycles. The first-order valence-corrected chi connectivity index (χ1v) is 8.02. The molecule has 0 atom stereocenters. The van der Waals surface area contributed by atoms with Crippen LogP contribution in [0.15, 0.2) is 28.7 Å². The van der Waals surface area contributed by atoms with Gasteiger partial charge in [-0.25, -0.2) is 0 Å². The van der Waals surface area contributed by atoms with Gasteiger partial charge in [0.15, 0.2) is 12.3 Å². The topological polar surface area (TPSA) is 76.5 Å². The van der Waals surface area contributed by atoms with Crippen LogP contribution in [-0.4, -0.2) is 47.2 Å². The number of aryl methyl sites for hydroxylation is 1. The van der Waals surface area contributed by atoms with Crippen molar-refractivity contribution >= 4 is 33.4 Å². The lowest BCUT2D eigenvalue weighted by Gasteiger charge is -2.11. The molecule has 0 aliphatic rings. The zero-order chi connectivity index (χ0) is 17.9. The molecule has 8 heteroatoms. The van der Waals surface area contributed by atoms with Gasteiger partial charge in [0.05, 0.1) is 11.4 Å². The minimum absolute atomic E-state index is 0.161. The number of nitrogens with zero attached hydrogens (tertiary/aromatic N) is 3. The fraction of sp³-hybridized carbons (Fsp3) is 0.312. The molecule has 1 aromatic carbocycles. The fourth-order valence-electron chi connectivity index (χ4n) is 1.97. The number of ether oxygens (including phenoxy) is 1. The van der Waals surface area contributed by atoms with Crippen LogP contribution in [0.2, 0.25) is 0 Å². The van der Waals surface area contributed by atoms with Crippen molar-refractivity contribution in [1.82, 2.24) is 14.7 Å². The molecule has 0 unspecified atom stereocenters. The van der Waals surface area contributed by atoms with E-state index in [4.69, 9.17) is 4.74 Å². The number of carbonyl (C=O) groups excluding carboxylic acids is 2. The molecule has 0 bridgehead atoms. The number of amides is 2. The average molecular weight is 395 g/mol. The van der Waals surface area contributed by atoms with E-state index in [0.717, 1.165) is 4.47 Å². The number of nitrogens with one attached hydrogen (secondary N) is 1. The number of carbonyl (C=O) groups is 2. The van der Waals surface area contributed by atoms with Crippen LogP contribution in [0.3, 0.4) is 0 Å². The number of rotatable bonds is 5. The summed E-state index contributed by atoms with van der Waals surface area (Å²) in [5.74, 6) is -0.0505. The van der Waals surface area contributed by atoms with Gasteiger partial charge in [0.1, 0.15) is 5.75 Å². The molecule has 1 aromatic heterocycles. The van der Waals surface area contributed by atoms with Crippen molar-refractivity contribution in [1.29, 1.82) is 0 Å². The van der Waals surface area contributed by atoms with Crippen molar-refractivity contribution in [3.63, 3.8) is 0 Å². The van der Waals surface area contributed by atoms with Crippen LogP contribution in [0, 0.1) is 6.92 Å². The highest BCUT2D eigenvalue weighted by Gasteiger charge is 2.22. The third-order valence-corrected chi connectivity index (χ3v) is 3.92. The molecule has 1 heterocycles. The lowest BCUT2D eigenvalue weighted by Crippen LogP contribution is -2.26. The summed E-state index contributed by atoms with van der Waals surface area (Å²) in [6, 6.07) is 7.17. The predicted octanol–water partition coefficient (Wildman–Crippen LogP) is 2.21. The molecule has 24 heavy (non-hydrogen) atoms. The van der Waals surface area contributed by atoms with Gasteiger partial charge in [-0.3, -0.25) is 14.3 Å². The molecule has 0 spiro atoms. The summed E-state index contributed by atoms with van der Waals surface area (Å²) in [5.41, 5.74) is 1.30. The number of benzene rings is 1. The van der Waals surface area contributed by atoms with Gasteiger partial charge in [0, 0.05) is 25.6 Å². The Morgan fingerprint density at radius 1 is 1.29 bits per heavy atom. The van der Waals surface area contributed by atoms with Gasteiger partial charge in [-0.05, 0) is 31.2 Å². The first-order chi connectivity index (χ1) is 11.3. The summed E-state index contributed by atoms with van der Waals surface area (Å²) in [4.78, 5) is 25.8. The minimum Gasteiger partial charge on any atom is -0.484 e. The molecule has 2 rings (SSSR count). The van der Waals surface area contributed by atoms with E-state index in [9.17, 15) is 9.59 Å². The normalized spacial score (nSPS) is 10.4. The second kappa shape index (κ2) is 7.48.